The lowest BCUT2D eigenvalue weighted by Crippen LogP contribution is -2.20. The predicted octanol–water partition coefficient (Wildman–Crippen LogP) is 1.90. The number of methoxy groups -OCH3 is 1. The summed E-state index contributed by atoms with van der Waals surface area (Å²) in [5, 5.41) is 19.7. The minimum Gasteiger partial charge on any atom is -0.490 e. The van der Waals surface area contributed by atoms with Gasteiger partial charge in [-0.3, -0.25) is 14.9 Å². The van der Waals surface area contributed by atoms with E-state index < -0.39 is 10.9 Å². The Kier molecular flexibility index (Phi) is 5.11. The summed E-state index contributed by atoms with van der Waals surface area (Å²) in [4.78, 5) is 22.7. The van der Waals surface area contributed by atoms with Gasteiger partial charge in [-0.25, -0.2) is 0 Å². The maximum absolute atomic E-state index is 11.1. The quantitative estimate of drug-likeness (QED) is 0.599. The van der Waals surface area contributed by atoms with Crippen molar-refractivity contribution in [2.24, 2.45) is 0 Å². The number of hydrogen-bond acceptors (Lipinski definition) is 5. The van der Waals surface area contributed by atoms with Crippen molar-refractivity contribution in [3.8, 4) is 5.75 Å². The van der Waals surface area contributed by atoms with Crippen LogP contribution in [0, 0.1) is 10.1 Å². The summed E-state index contributed by atoms with van der Waals surface area (Å²) in [7, 11) is 3.06. The van der Waals surface area contributed by atoms with Crippen LogP contribution in [-0.4, -0.2) is 36.7 Å². The van der Waals surface area contributed by atoms with Crippen molar-refractivity contribution in [1.82, 2.24) is 0 Å². The fourth-order valence-corrected chi connectivity index (χ4v) is 1.75. The number of carboxylic acids is 1. The fraction of sp³-hybridized carbons (Fsp3) is 0.417. The highest BCUT2D eigenvalue weighted by Crippen LogP contribution is 2.36. The number of nitro benzene ring substituents is 1. The van der Waals surface area contributed by atoms with E-state index in [9.17, 15) is 14.9 Å². The molecule has 0 saturated carbocycles. The predicted molar refractivity (Wildman–Crippen MR) is 69.8 cm³/mol. The maximum Gasteiger partial charge on any atom is 0.333 e. The van der Waals surface area contributed by atoms with Crippen molar-refractivity contribution in [2.45, 2.75) is 12.8 Å². The second-order valence-corrected chi connectivity index (χ2v) is 4.00. The third-order valence-corrected chi connectivity index (χ3v) is 2.68. The molecule has 1 aromatic carbocycles. The second kappa shape index (κ2) is 6.58. The lowest BCUT2D eigenvalue weighted by Gasteiger charge is -2.19. The summed E-state index contributed by atoms with van der Waals surface area (Å²) in [6, 6.07) is 4.79. The molecule has 1 aromatic rings. The summed E-state index contributed by atoms with van der Waals surface area (Å²) < 4.78 is 4.98. The lowest BCUT2D eigenvalue weighted by molar-refractivity contribution is -0.385. The van der Waals surface area contributed by atoms with Gasteiger partial charge in [0.2, 0.25) is 0 Å². The van der Waals surface area contributed by atoms with E-state index in [1.165, 1.54) is 13.2 Å². The minimum absolute atomic E-state index is 0.0299. The molecule has 0 bridgehead atoms. The molecule has 1 rings (SSSR count). The second-order valence-electron chi connectivity index (χ2n) is 4.00. The molecule has 0 aliphatic carbocycles. The molecule has 0 atom stereocenters. The third-order valence-electron chi connectivity index (χ3n) is 2.68. The maximum atomic E-state index is 11.1. The topological polar surface area (TPSA) is 92.9 Å². The summed E-state index contributed by atoms with van der Waals surface area (Å²) in [5.74, 6) is -0.693. The summed E-state index contributed by atoms with van der Waals surface area (Å²) in [6.07, 6.45) is 0.447. The number of carboxylic acid groups (broad SMARTS) is 1. The first kappa shape index (κ1) is 14.7. The van der Waals surface area contributed by atoms with Gasteiger partial charge in [-0.2, -0.15) is 0 Å². The molecule has 0 heterocycles. The highest BCUT2D eigenvalue weighted by molar-refractivity contribution is 5.70. The number of para-hydroxylation sites is 1. The Labute approximate surface area is 110 Å². The molecule has 0 aliphatic heterocycles. The molecule has 0 aliphatic rings. The first-order chi connectivity index (χ1) is 8.97. The average Bonchev–Trinajstić information content (AvgIpc) is 2.36. The Hall–Kier alpha value is -2.31. The van der Waals surface area contributed by atoms with E-state index >= 15 is 0 Å². The van der Waals surface area contributed by atoms with Gasteiger partial charge in [-0.05, 0) is 18.6 Å². The first-order valence-corrected chi connectivity index (χ1v) is 5.71. The molecule has 7 nitrogen and oxygen atoms in total. The van der Waals surface area contributed by atoms with Crippen LogP contribution in [0.4, 0.5) is 11.4 Å². The van der Waals surface area contributed by atoms with E-state index in [2.05, 4.69) is 0 Å². The molecular weight excluding hydrogens is 252 g/mol. The Morgan fingerprint density at radius 2 is 2.21 bits per heavy atom. The molecule has 0 aromatic heterocycles. The Bertz CT molecular complexity index is 475. The van der Waals surface area contributed by atoms with E-state index in [1.54, 1.807) is 24.1 Å². The number of aliphatic carboxylic acids is 1. The molecule has 0 unspecified atom stereocenters. The van der Waals surface area contributed by atoms with E-state index in [1.807, 2.05) is 0 Å². The smallest absolute Gasteiger partial charge is 0.333 e. The number of anilines is 1. The van der Waals surface area contributed by atoms with Gasteiger partial charge in [0, 0.05) is 20.0 Å². The number of rotatable bonds is 7. The normalized spacial score (nSPS) is 10.0. The molecule has 0 amide bonds. The molecule has 0 fully saturated rings. The van der Waals surface area contributed by atoms with Crippen LogP contribution in [0.1, 0.15) is 12.8 Å². The molecule has 1 N–H and O–H groups in total. The Morgan fingerprint density at radius 1 is 1.53 bits per heavy atom. The van der Waals surface area contributed by atoms with Crippen LogP contribution in [0.15, 0.2) is 18.2 Å². The van der Waals surface area contributed by atoms with E-state index in [0.717, 1.165) is 0 Å². The van der Waals surface area contributed by atoms with Gasteiger partial charge in [0.1, 0.15) is 5.69 Å². The van der Waals surface area contributed by atoms with E-state index in [4.69, 9.17) is 9.84 Å². The highest BCUT2D eigenvalue weighted by atomic mass is 16.6. The monoisotopic (exact) mass is 268 g/mol. The van der Waals surface area contributed by atoms with Crippen molar-refractivity contribution < 1.29 is 19.6 Å². The minimum atomic E-state index is -0.881. The van der Waals surface area contributed by atoms with Gasteiger partial charge in [-0.15, -0.1) is 0 Å². The van der Waals surface area contributed by atoms with Gasteiger partial charge < -0.3 is 14.7 Å². The van der Waals surface area contributed by atoms with Crippen LogP contribution in [0.5, 0.6) is 5.75 Å². The molecule has 0 spiro atoms. The van der Waals surface area contributed by atoms with Gasteiger partial charge in [0.05, 0.1) is 12.0 Å². The first-order valence-electron chi connectivity index (χ1n) is 5.71. The van der Waals surface area contributed by atoms with Crippen LogP contribution in [0.25, 0.3) is 0 Å². The van der Waals surface area contributed by atoms with E-state index in [-0.39, 0.29) is 17.9 Å². The number of nitrogens with zero attached hydrogens (tertiary/aromatic N) is 2. The summed E-state index contributed by atoms with van der Waals surface area (Å²) >= 11 is 0. The van der Waals surface area contributed by atoms with Crippen molar-refractivity contribution in [3.63, 3.8) is 0 Å². The van der Waals surface area contributed by atoms with Crippen molar-refractivity contribution >= 4 is 17.3 Å². The van der Waals surface area contributed by atoms with E-state index in [0.29, 0.717) is 18.7 Å². The largest absolute Gasteiger partial charge is 0.490 e. The SMILES string of the molecule is COc1cccc(N(C)CCCC(=O)O)c1[N+](=O)[O-]. The zero-order valence-corrected chi connectivity index (χ0v) is 10.8. The van der Waals surface area contributed by atoms with Gasteiger partial charge in [-0.1, -0.05) is 6.07 Å². The molecule has 19 heavy (non-hydrogen) atoms. The lowest BCUT2D eigenvalue weighted by atomic mass is 10.2. The van der Waals surface area contributed by atoms with Gasteiger partial charge in [0.25, 0.3) is 0 Å². The fourth-order valence-electron chi connectivity index (χ4n) is 1.75. The average molecular weight is 268 g/mol. The molecule has 0 saturated heterocycles. The molecular formula is C12H16N2O5. The number of carbonyl (C=O) groups is 1. The van der Waals surface area contributed by atoms with Crippen molar-refractivity contribution in [2.75, 3.05) is 25.6 Å². The Morgan fingerprint density at radius 3 is 2.74 bits per heavy atom. The molecule has 0 radical (unpaired) electrons. The van der Waals surface area contributed by atoms with Crippen LogP contribution >= 0.6 is 0 Å². The van der Waals surface area contributed by atoms with Gasteiger partial charge in [0.15, 0.2) is 5.75 Å². The highest BCUT2D eigenvalue weighted by Gasteiger charge is 2.22. The standard InChI is InChI=1S/C12H16N2O5/c1-13(8-4-7-11(15)16)9-5-3-6-10(19-2)12(9)14(17)18/h3,5-6H,4,7-8H2,1-2H3,(H,15,16). The van der Waals surface area contributed by atoms with Crippen LogP contribution in [0.3, 0.4) is 0 Å². The van der Waals surface area contributed by atoms with Crippen LogP contribution in [-0.2, 0) is 4.79 Å². The number of hydrogen-bond donors (Lipinski definition) is 1. The van der Waals surface area contributed by atoms with Crippen LogP contribution < -0.4 is 9.64 Å². The zero-order valence-electron chi connectivity index (χ0n) is 10.8. The summed E-state index contributed by atoms with van der Waals surface area (Å²) in [5.41, 5.74) is 0.303. The number of benzene rings is 1. The molecule has 7 heteroatoms. The number of ether oxygens (including phenoxy) is 1. The van der Waals surface area contributed by atoms with Gasteiger partial charge >= 0.3 is 11.7 Å². The Balaban J connectivity index is 2.92. The van der Waals surface area contributed by atoms with Crippen LogP contribution in [0.2, 0.25) is 0 Å². The number of nitro groups is 1. The zero-order chi connectivity index (χ0) is 14.4. The van der Waals surface area contributed by atoms with Crippen molar-refractivity contribution in [1.29, 1.82) is 0 Å². The summed E-state index contributed by atoms with van der Waals surface area (Å²) in [6.45, 7) is 0.417. The third kappa shape index (κ3) is 3.84. The van der Waals surface area contributed by atoms with Crippen molar-refractivity contribution in [3.05, 3.63) is 28.3 Å². The molecule has 104 valence electrons.